The normalized spacial score (nSPS) is 22.8. The molecule has 1 saturated carbocycles. The van der Waals surface area contributed by atoms with Gasteiger partial charge < -0.3 is 10.1 Å². The Morgan fingerprint density at radius 3 is 2.58 bits per heavy atom. The van der Waals surface area contributed by atoms with Crippen molar-refractivity contribution < 1.29 is 9.53 Å². The highest BCUT2D eigenvalue weighted by atomic mass is 35.5. The van der Waals surface area contributed by atoms with Gasteiger partial charge in [-0.15, -0.1) is 0 Å². The summed E-state index contributed by atoms with van der Waals surface area (Å²) in [5.74, 6) is 0.664. The summed E-state index contributed by atoms with van der Waals surface area (Å²) in [6.45, 7) is 12.7. The molecule has 0 spiro atoms. The fourth-order valence-electron chi connectivity index (χ4n) is 4.78. The number of amides is 1. The van der Waals surface area contributed by atoms with Gasteiger partial charge in [0.1, 0.15) is 11.8 Å². The Hall–Kier alpha value is -2.25. The third-order valence-corrected chi connectivity index (χ3v) is 7.07. The van der Waals surface area contributed by atoms with Gasteiger partial charge in [-0.1, -0.05) is 49.6 Å². The van der Waals surface area contributed by atoms with Gasteiger partial charge in [0.05, 0.1) is 11.7 Å². The first-order valence-electron chi connectivity index (χ1n) is 12.2. The van der Waals surface area contributed by atoms with E-state index in [0.717, 1.165) is 57.8 Å². The molecule has 2 aliphatic carbocycles. The van der Waals surface area contributed by atoms with Crippen LogP contribution in [-0.4, -0.2) is 18.1 Å². The standard InChI is InChI=1S/C28H39ClN2O2/c1-6-7-27-19(2)8-11-24(22(27)5)16-20(3)28(32)31-25-12-14-26(15-13-25)33-21(4)9-10-23(17-29)18-30/h9-10,17,20,25-26H,4,6-8,11-16H2,1-3,5H3,(H,31,32)/b10-9-,23-17-. The van der Waals surface area contributed by atoms with E-state index >= 15 is 0 Å². The molecular formula is C28H39ClN2O2. The van der Waals surface area contributed by atoms with Crippen molar-refractivity contribution in [2.75, 3.05) is 0 Å². The molecule has 4 nitrogen and oxygen atoms in total. The lowest BCUT2D eigenvalue weighted by atomic mass is 9.81. The Morgan fingerprint density at radius 2 is 1.97 bits per heavy atom. The summed E-state index contributed by atoms with van der Waals surface area (Å²) in [6.07, 6.45) is 12.2. The molecular weight excluding hydrogens is 432 g/mol. The van der Waals surface area contributed by atoms with Crippen LogP contribution in [0.4, 0.5) is 0 Å². The monoisotopic (exact) mass is 470 g/mol. The van der Waals surface area contributed by atoms with Crippen LogP contribution in [0.3, 0.4) is 0 Å². The third-order valence-electron chi connectivity index (χ3n) is 6.83. The first kappa shape index (κ1) is 27.0. The summed E-state index contributed by atoms with van der Waals surface area (Å²) in [7, 11) is 0. The first-order valence-corrected chi connectivity index (χ1v) is 12.6. The number of hydrogen-bond donors (Lipinski definition) is 1. The average Bonchev–Trinajstić information content (AvgIpc) is 2.80. The Balaban J connectivity index is 1.81. The number of ether oxygens (including phenoxy) is 1. The molecule has 0 heterocycles. The highest BCUT2D eigenvalue weighted by Gasteiger charge is 2.26. The van der Waals surface area contributed by atoms with E-state index in [4.69, 9.17) is 21.6 Å². The van der Waals surface area contributed by atoms with Gasteiger partial charge in [0.2, 0.25) is 5.91 Å². The molecule has 180 valence electrons. The molecule has 0 bridgehead atoms. The Kier molecular flexibility index (Phi) is 11.0. The minimum Gasteiger partial charge on any atom is -0.491 e. The van der Waals surface area contributed by atoms with Crippen LogP contribution in [0.25, 0.3) is 0 Å². The van der Waals surface area contributed by atoms with Gasteiger partial charge in [-0.25, -0.2) is 0 Å². The number of carbonyl (C=O) groups is 1. The number of carbonyl (C=O) groups excluding carboxylic acids is 1. The van der Waals surface area contributed by atoms with Crippen LogP contribution in [0.15, 0.2) is 57.9 Å². The zero-order chi connectivity index (χ0) is 24.4. The van der Waals surface area contributed by atoms with Crippen LogP contribution in [-0.2, 0) is 9.53 Å². The number of halogens is 1. The third kappa shape index (κ3) is 8.23. The van der Waals surface area contributed by atoms with Gasteiger partial charge in [0, 0.05) is 17.5 Å². The largest absolute Gasteiger partial charge is 0.491 e. The summed E-state index contributed by atoms with van der Waals surface area (Å²) in [5.41, 5.74) is 7.51. The number of nitrogens with zero attached hydrogens (tertiary/aromatic N) is 1. The van der Waals surface area contributed by atoms with E-state index in [1.54, 1.807) is 12.2 Å². The highest BCUT2D eigenvalue weighted by molar-refractivity contribution is 6.26. The average molecular weight is 471 g/mol. The van der Waals surface area contributed by atoms with Crippen molar-refractivity contribution in [2.45, 2.75) is 97.6 Å². The lowest BCUT2D eigenvalue weighted by molar-refractivity contribution is -0.125. The summed E-state index contributed by atoms with van der Waals surface area (Å²) in [5, 5.41) is 12.2. The molecule has 1 N–H and O–H groups in total. The van der Waals surface area contributed by atoms with Crippen molar-refractivity contribution in [3.8, 4) is 6.07 Å². The van der Waals surface area contributed by atoms with Crippen LogP contribution in [0.1, 0.15) is 85.5 Å². The second-order valence-corrected chi connectivity index (χ2v) is 9.64. The zero-order valence-corrected chi connectivity index (χ0v) is 21.4. The number of nitrogens with one attached hydrogen (secondary N) is 1. The van der Waals surface area contributed by atoms with Crippen LogP contribution in [0.5, 0.6) is 0 Å². The molecule has 0 saturated heterocycles. The van der Waals surface area contributed by atoms with Gasteiger partial charge in [0.25, 0.3) is 0 Å². The molecule has 2 rings (SSSR count). The van der Waals surface area contributed by atoms with Crippen LogP contribution in [0, 0.1) is 17.2 Å². The first-order chi connectivity index (χ1) is 15.8. The van der Waals surface area contributed by atoms with Crippen LogP contribution >= 0.6 is 11.6 Å². The molecule has 0 aromatic heterocycles. The maximum absolute atomic E-state index is 12.9. The van der Waals surface area contributed by atoms with Crippen LogP contribution in [0.2, 0.25) is 0 Å². The maximum Gasteiger partial charge on any atom is 0.223 e. The second kappa shape index (κ2) is 13.5. The number of hydrogen-bond acceptors (Lipinski definition) is 3. The van der Waals surface area contributed by atoms with E-state index < -0.39 is 0 Å². The molecule has 5 heteroatoms. The fourth-order valence-corrected chi connectivity index (χ4v) is 4.90. The summed E-state index contributed by atoms with van der Waals surface area (Å²) < 4.78 is 5.90. The molecule has 1 fully saturated rings. The van der Waals surface area contributed by atoms with E-state index in [2.05, 4.69) is 39.6 Å². The van der Waals surface area contributed by atoms with E-state index in [0.29, 0.717) is 11.3 Å². The summed E-state index contributed by atoms with van der Waals surface area (Å²) in [4.78, 5) is 12.9. The quantitative estimate of drug-likeness (QED) is 0.205. The van der Waals surface area contributed by atoms with E-state index in [-0.39, 0.29) is 24.0 Å². The molecule has 33 heavy (non-hydrogen) atoms. The number of rotatable bonds is 10. The lowest BCUT2D eigenvalue weighted by Crippen LogP contribution is -2.41. The van der Waals surface area contributed by atoms with Gasteiger partial charge in [-0.3, -0.25) is 4.79 Å². The number of nitriles is 1. The van der Waals surface area contributed by atoms with Crippen LogP contribution < -0.4 is 5.32 Å². The summed E-state index contributed by atoms with van der Waals surface area (Å²) >= 11 is 5.56. The molecule has 0 aromatic carbocycles. The molecule has 0 aromatic rings. The lowest BCUT2D eigenvalue weighted by Gasteiger charge is -2.31. The molecule has 1 amide bonds. The Labute approximate surface area is 205 Å². The van der Waals surface area contributed by atoms with Gasteiger partial charge >= 0.3 is 0 Å². The van der Waals surface area contributed by atoms with E-state index in [1.165, 1.54) is 27.8 Å². The maximum atomic E-state index is 12.9. The molecule has 1 unspecified atom stereocenters. The molecule has 2 aliphatic rings. The van der Waals surface area contributed by atoms with E-state index in [1.807, 2.05) is 6.07 Å². The second-order valence-electron chi connectivity index (χ2n) is 9.42. The van der Waals surface area contributed by atoms with Crippen molar-refractivity contribution in [1.29, 1.82) is 5.26 Å². The zero-order valence-electron chi connectivity index (χ0n) is 20.7. The minimum absolute atomic E-state index is 0.0144. The van der Waals surface area contributed by atoms with Crippen molar-refractivity contribution in [1.82, 2.24) is 5.32 Å². The highest BCUT2D eigenvalue weighted by Crippen LogP contribution is 2.35. The van der Waals surface area contributed by atoms with E-state index in [9.17, 15) is 4.79 Å². The van der Waals surface area contributed by atoms with Crippen molar-refractivity contribution >= 4 is 17.5 Å². The summed E-state index contributed by atoms with van der Waals surface area (Å²) in [6, 6.07) is 2.18. The van der Waals surface area contributed by atoms with Gasteiger partial charge in [-0.2, -0.15) is 5.26 Å². The van der Waals surface area contributed by atoms with Gasteiger partial charge in [-0.05, 0) is 88.5 Å². The predicted molar refractivity (Wildman–Crippen MR) is 136 cm³/mol. The smallest absolute Gasteiger partial charge is 0.223 e. The van der Waals surface area contributed by atoms with Gasteiger partial charge in [0.15, 0.2) is 0 Å². The Morgan fingerprint density at radius 1 is 1.27 bits per heavy atom. The molecule has 0 radical (unpaired) electrons. The number of allylic oxidation sites excluding steroid dienone is 7. The minimum atomic E-state index is -0.0144. The Bertz CT molecular complexity index is 880. The van der Waals surface area contributed by atoms with Crippen molar-refractivity contribution in [3.05, 3.63) is 57.9 Å². The van der Waals surface area contributed by atoms with Crippen molar-refractivity contribution in [3.63, 3.8) is 0 Å². The predicted octanol–water partition coefficient (Wildman–Crippen LogP) is 7.40. The van der Waals surface area contributed by atoms with Crippen molar-refractivity contribution in [2.24, 2.45) is 5.92 Å². The topological polar surface area (TPSA) is 62.1 Å². The molecule has 0 aliphatic heterocycles. The molecule has 1 atom stereocenters. The fraction of sp³-hybridized carbons (Fsp3) is 0.571. The SMILES string of the molecule is C=C(/C=C\C(C#N)=C\Cl)OC1CCC(NC(=O)C(C)CC2=C(C)C(CCC)=C(C)CC2)CC1.